The first-order valence-corrected chi connectivity index (χ1v) is 18.3. The van der Waals surface area contributed by atoms with E-state index in [-0.39, 0.29) is 12.0 Å². The number of carbonyl (C=O) groups is 3. The fraction of sp³-hybridized carbons (Fsp3) is 0.341. The van der Waals surface area contributed by atoms with Crippen molar-refractivity contribution < 1.29 is 28.6 Å². The summed E-state index contributed by atoms with van der Waals surface area (Å²) in [7, 11) is 0. The number of benzene rings is 4. The second kappa shape index (κ2) is 14.3. The Morgan fingerprint density at radius 2 is 1.43 bits per heavy atom. The molecule has 0 unspecified atom stereocenters. The quantitative estimate of drug-likeness (QED) is 0.141. The standard InChI is InChI=1S/C44H47N3O6/c1-6-44(45-41(50)51-27-31-17-10-7-11-18-31)30(2)25-36-38(44)47(37(32-19-12-8-13-20-32)33-21-14-9-15-22-33)40(49)39(48)46(36)35-24-16-23-34(26-35)43(5)52-28-42(3,4)29-53-43/h7-24,26,36-38H,2,6,25,27-29H2,1,3-5H3,(H,45,50)/t36-,38+,44-/m0/s1. The van der Waals surface area contributed by atoms with E-state index in [0.717, 1.165) is 22.3 Å². The average molecular weight is 714 g/mol. The van der Waals surface area contributed by atoms with Crippen molar-refractivity contribution in [3.05, 3.63) is 150 Å². The minimum Gasteiger partial charge on any atom is -0.445 e. The van der Waals surface area contributed by atoms with Gasteiger partial charge in [0.2, 0.25) is 0 Å². The number of nitrogens with one attached hydrogen (secondary N) is 1. The summed E-state index contributed by atoms with van der Waals surface area (Å²) in [5, 5.41) is 3.20. The fourth-order valence-electron chi connectivity index (χ4n) is 8.11. The Bertz CT molecular complexity index is 1930. The van der Waals surface area contributed by atoms with Crippen molar-refractivity contribution in [1.29, 1.82) is 0 Å². The highest BCUT2D eigenvalue weighted by Gasteiger charge is 2.63. The van der Waals surface area contributed by atoms with Gasteiger partial charge in [-0.1, -0.05) is 130 Å². The van der Waals surface area contributed by atoms with Crippen LogP contribution in [0.2, 0.25) is 0 Å². The van der Waals surface area contributed by atoms with Crippen LogP contribution in [0.5, 0.6) is 0 Å². The van der Waals surface area contributed by atoms with E-state index in [4.69, 9.17) is 14.2 Å². The van der Waals surface area contributed by atoms with Crippen molar-refractivity contribution in [3.63, 3.8) is 0 Å². The van der Waals surface area contributed by atoms with Crippen molar-refractivity contribution in [1.82, 2.24) is 10.2 Å². The van der Waals surface area contributed by atoms with Gasteiger partial charge >= 0.3 is 17.9 Å². The van der Waals surface area contributed by atoms with Crippen LogP contribution in [0.25, 0.3) is 0 Å². The zero-order valence-electron chi connectivity index (χ0n) is 30.8. The Balaban J connectivity index is 1.33. The molecule has 3 aliphatic rings. The van der Waals surface area contributed by atoms with Gasteiger partial charge in [-0.2, -0.15) is 0 Å². The summed E-state index contributed by atoms with van der Waals surface area (Å²) in [6.07, 6.45) is 0.102. The van der Waals surface area contributed by atoms with Gasteiger partial charge in [-0.15, -0.1) is 0 Å². The average Bonchev–Trinajstić information content (AvgIpc) is 3.45. The molecule has 4 aromatic rings. The summed E-state index contributed by atoms with van der Waals surface area (Å²) in [5.74, 6) is -2.38. The predicted molar refractivity (Wildman–Crippen MR) is 203 cm³/mol. The van der Waals surface area contributed by atoms with Crippen molar-refractivity contribution in [3.8, 4) is 0 Å². The van der Waals surface area contributed by atoms with Crippen molar-refractivity contribution in [2.45, 2.75) is 76.6 Å². The third-order valence-electron chi connectivity index (χ3n) is 11.0. The molecule has 0 aromatic heterocycles. The number of piperazine rings is 1. The molecule has 0 radical (unpaired) electrons. The first-order chi connectivity index (χ1) is 25.5. The van der Waals surface area contributed by atoms with E-state index >= 15 is 0 Å². The molecule has 1 aliphatic carbocycles. The molecule has 2 saturated heterocycles. The molecule has 1 N–H and O–H groups in total. The van der Waals surface area contributed by atoms with Gasteiger partial charge in [0.05, 0.1) is 36.9 Å². The van der Waals surface area contributed by atoms with Crippen LogP contribution in [0.4, 0.5) is 10.5 Å². The number of alkyl carbamates (subject to hydrolysis) is 1. The number of fused-ring (bicyclic) bond motifs is 1. The van der Waals surface area contributed by atoms with Gasteiger partial charge < -0.3 is 24.4 Å². The number of ether oxygens (including phenoxy) is 3. The van der Waals surface area contributed by atoms with E-state index < -0.39 is 47.4 Å². The summed E-state index contributed by atoms with van der Waals surface area (Å²) >= 11 is 0. The molecule has 7 rings (SSSR count). The Hall–Kier alpha value is -5.25. The molecule has 4 aromatic carbocycles. The van der Waals surface area contributed by atoms with Crippen LogP contribution in [0.15, 0.2) is 127 Å². The van der Waals surface area contributed by atoms with Crippen LogP contribution in [0.3, 0.4) is 0 Å². The molecular weight excluding hydrogens is 666 g/mol. The number of amides is 3. The second-order valence-electron chi connectivity index (χ2n) is 15.2. The van der Waals surface area contributed by atoms with E-state index in [9.17, 15) is 14.4 Å². The molecule has 274 valence electrons. The maximum Gasteiger partial charge on any atom is 0.408 e. The molecule has 1 saturated carbocycles. The van der Waals surface area contributed by atoms with Gasteiger partial charge in [-0.25, -0.2) is 4.79 Å². The van der Waals surface area contributed by atoms with E-state index in [0.29, 0.717) is 37.3 Å². The molecule has 3 atom stereocenters. The number of hydrogen-bond acceptors (Lipinski definition) is 6. The highest BCUT2D eigenvalue weighted by atomic mass is 16.7. The summed E-state index contributed by atoms with van der Waals surface area (Å²) < 4.78 is 18.3. The van der Waals surface area contributed by atoms with E-state index in [2.05, 4.69) is 25.7 Å². The molecule has 0 bridgehead atoms. The lowest BCUT2D eigenvalue weighted by atomic mass is 9.81. The smallest absolute Gasteiger partial charge is 0.408 e. The fourth-order valence-corrected chi connectivity index (χ4v) is 8.11. The van der Waals surface area contributed by atoms with Gasteiger partial charge in [-0.05, 0) is 54.2 Å². The van der Waals surface area contributed by atoms with E-state index in [1.807, 2.05) is 129 Å². The van der Waals surface area contributed by atoms with Gasteiger partial charge in [0.1, 0.15) is 6.61 Å². The molecule has 3 fully saturated rings. The predicted octanol–water partition coefficient (Wildman–Crippen LogP) is 7.67. The largest absolute Gasteiger partial charge is 0.445 e. The van der Waals surface area contributed by atoms with Gasteiger partial charge in [-0.3, -0.25) is 14.5 Å². The molecule has 9 nitrogen and oxygen atoms in total. The van der Waals surface area contributed by atoms with Crippen molar-refractivity contribution in [2.24, 2.45) is 5.41 Å². The van der Waals surface area contributed by atoms with Crippen LogP contribution < -0.4 is 10.2 Å². The summed E-state index contributed by atoms with van der Waals surface area (Å²) in [5.41, 5.74) is 3.22. The van der Waals surface area contributed by atoms with Crippen LogP contribution in [0, 0.1) is 5.41 Å². The lowest BCUT2D eigenvalue weighted by molar-refractivity contribution is -0.298. The zero-order valence-corrected chi connectivity index (χ0v) is 30.8. The van der Waals surface area contributed by atoms with Gasteiger partial charge in [0.25, 0.3) is 0 Å². The molecule has 0 spiro atoms. The van der Waals surface area contributed by atoms with E-state index in [1.165, 1.54) is 0 Å². The minimum absolute atomic E-state index is 0.0732. The van der Waals surface area contributed by atoms with Crippen LogP contribution >= 0.6 is 0 Å². The number of rotatable bonds is 9. The minimum atomic E-state index is -1.14. The number of hydrogen-bond donors (Lipinski definition) is 1. The highest BCUT2D eigenvalue weighted by molar-refractivity contribution is 6.41. The Morgan fingerprint density at radius 1 is 0.849 bits per heavy atom. The molecule has 9 heteroatoms. The SMILES string of the molecule is C=C1C[C@H]2[C@@H](N(C(c3ccccc3)c3ccccc3)C(=O)C(=O)N2c2cccc(C3(C)OCC(C)(C)CO3)c2)[C@@]1(CC)NC(=O)OCc1ccccc1. The lowest BCUT2D eigenvalue weighted by Gasteiger charge is -2.52. The van der Waals surface area contributed by atoms with E-state index in [1.54, 1.807) is 9.80 Å². The second-order valence-corrected chi connectivity index (χ2v) is 15.2. The number of carbonyl (C=O) groups excluding carboxylic acids is 3. The lowest BCUT2D eigenvalue weighted by Crippen LogP contribution is -2.72. The highest BCUT2D eigenvalue weighted by Crippen LogP contribution is 2.50. The van der Waals surface area contributed by atoms with Gasteiger partial charge in [0.15, 0.2) is 5.79 Å². The molecule has 2 heterocycles. The Labute approximate surface area is 311 Å². The molecular formula is C44H47N3O6. The monoisotopic (exact) mass is 713 g/mol. The van der Waals surface area contributed by atoms with Crippen LogP contribution in [-0.4, -0.2) is 53.6 Å². The summed E-state index contributed by atoms with van der Waals surface area (Å²) in [6.45, 7) is 13.6. The molecule has 53 heavy (non-hydrogen) atoms. The van der Waals surface area contributed by atoms with Crippen molar-refractivity contribution in [2.75, 3.05) is 18.1 Å². The Kier molecular flexibility index (Phi) is 9.74. The number of nitrogens with zero attached hydrogens (tertiary/aromatic N) is 2. The Morgan fingerprint density at radius 3 is 2.02 bits per heavy atom. The maximum atomic E-state index is 15.0. The normalized spacial score (nSPS) is 23.5. The maximum absolute atomic E-state index is 15.0. The summed E-state index contributed by atoms with van der Waals surface area (Å²) in [6, 6.07) is 34.4. The first-order valence-electron chi connectivity index (χ1n) is 18.3. The number of anilines is 1. The molecule has 2 aliphatic heterocycles. The van der Waals surface area contributed by atoms with Crippen LogP contribution in [0.1, 0.15) is 68.8 Å². The van der Waals surface area contributed by atoms with Crippen molar-refractivity contribution >= 4 is 23.6 Å². The third-order valence-corrected chi connectivity index (χ3v) is 11.0. The zero-order chi connectivity index (χ0) is 37.4. The van der Waals surface area contributed by atoms with Crippen LogP contribution in [-0.2, 0) is 36.2 Å². The topological polar surface area (TPSA) is 97.4 Å². The van der Waals surface area contributed by atoms with Gasteiger partial charge in [0, 0.05) is 16.7 Å². The first kappa shape index (κ1) is 36.1. The third kappa shape index (κ3) is 6.75. The summed E-state index contributed by atoms with van der Waals surface area (Å²) in [4.78, 5) is 46.8. The molecule has 3 amide bonds.